The molecule has 6 nitrogen and oxygen atoms in total. The van der Waals surface area contributed by atoms with Gasteiger partial charge in [-0.05, 0) is 24.3 Å². The van der Waals surface area contributed by atoms with Crippen molar-refractivity contribution in [2.75, 3.05) is 38.3 Å². The van der Waals surface area contributed by atoms with Gasteiger partial charge in [0.05, 0.1) is 20.3 Å². The van der Waals surface area contributed by atoms with E-state index in [4.69, 9.17) is 14.2 Å². The predicted octanol–water partition coefficient (Wildman–Crippen LogP) is 2.11. The van der Waals surface area contributed by atoms with Gasteiger partial charge in [0.15, 0.2) is 0 Å². The van der Waals surface area contributed by atoms with E-state index in [-0.39, 0.29) is 0 Å². The number of aromatic nitrogens is 2. The normalized spacial score (nSPS) is 14.8. The van der Waals surface area contributed by atoms with Gasteiger partial charge in [-0.3, -0.25) is 0 Å². The third-order valence-electron chi connectivity index (χ3n) is 3.24. The number of benzene rings is 1. The molecule has 1 aliphatic rings. The number of rotatable bonds is 4. The van der Waals surface area contributed by atoms with Gasteiger partial charge in [0, 0.05) is 19.2 Å². The van der Waals surface area contributed by atoms with Gasteiger partial charge in [-0.2, -0.15) is 0 Å². The van der Waals surface area contributed by atoms with Crippen LogP contribution in [0.25, 0.3) is 0 Å². The minimum Gasteiger partial charge on any atom is -0.497 e. The largest absolute Gasteiger partial charge is 0.497 e. The summed E-state index contributed by atoms with van der Waals surface area (Å²) < 4.78 is 16.2. The number of anilines is 1. The van der Waals surface area contributed by atoms with Gasteiger partial charge in [-0.15, -0.1) is 0 Å². The van der Waals surface area contributed by atoms with E-state index in [1.165, 1.54) is 6.33 Å². The molecule has 0 unspecified atom stereocenters. The molecule has 1 aliphatic heterocycles. The van der Waals surface area contributed by atoms with E-state index in [0.29, 0.717) is 11.6 Å². The van der Waals surface area contributed by atoms with E-state index in [2.05, 4.69) is 14.9 Å². The molecule has 0 bridgehead atoms. The van der Waals surface area contributed by atoms with Crippen LogP contribution in [-0.2, 0) is 4.74 Å². The van der Waals surface area contributed by atoms with E-state index in [1.807, 2.05) is 30.3 Å². The summed E-state index contributed by atoms with van der Waals surface area (Å²) in [5.74, 6) is 2.88. The fourth-order valence-electron chi connectivity index (χ4n) is 2.12. The molecule has 2 aromatic rings. The standard InChI is InChI=1S/C15H17N3O3/c1-19-12-2-4-13(5-3-12)21-15-10-14(16-11-17-15)18-6-8-20-9-7-18/h2-5,10-11H,6-9H2,1H3. The van der Waals surface area contributed by atoms with Crippen molar-refractivity contribution < 1.29 is 14.2 Å². The Kier molecular flexibility index (Phi) is 4.16. The van der Waals surface area contributed by atoms with Crippen LogP contribution in [0.3, 0.4) is 0 Å². The number of morpholine rings is 1. The van der Waals surface area contributed by atoms with Gasteiger partial charge >= 0.3 is 0 Å². The second kappa shape index (κ2) is 6.41. The van der Waals surface area contributed by atoms with Gasteiger partial charge in [-0.25, -0.2) is 9.97 Å². The maximum absolute atomic E-state index is 5.74. The molecule has 0 N–H and O–H groups in total. The zero-order valence-electron chi connectivity index (χ0n) is 11.9. The summed E-state index contributed by atoms with van der Waals surface area (Å²) in [6.07, 6.45) is 1.52. The molecular weight excluding hydrogens is 270 g/mol. The van der Waals surface area contributed by atoms with Crippen LogP contribution in [0, 0.1) is 0 Å². The first-order chi connectivity index (χ1) is 10.3. The summed E-state index contributed by atoms with van der Waals surface area (Å²) in [7, 11) is 1.63. The molecule has 3 rings (SSSR count). The van der Waals surface area contributed by atoms with Crippen molar-refractivity contribution in [2.24, 2.45) is 0 Å². The topological polar surface area (TPSA) is 56.7 Å². The third kappa shape index (κ3) is 3.41. The molecular formula is C15H17N3O3. The lowest BCUT2D eigenvalue weighted by Gasteiger charge is -2.27. The molecule has 0 spiro atoms. The quantitative estimate of drug-likeness (QED) is 0.858. The minimum atomic E-state index is 0.525. The predicted molar refractivity (Wildman–Crippen MR) is 78.1 cm³/mol. The summed E-state index contributed by atoms with van der Waals surface area (Å²) in [4.78, 5) is 10.6. The smallest absolute Gasteiger partial charge is 0.224 e. The van der Waals surface area contributed by atoms with Crippen LogP contribution in [0.4, 0.5) is 5.82 Å². The Balaban J connectivity index is 1.72. The number of ether oxygens (including phenoxy) is 3. The zero-order chi connectivity index (χ0) is 14.5. The van der Waals surface area contributed by atoms with Crippen LogP contribution in [0.15, 0.2) is 36.7 Å². The highest BCUT2D eigenvalue weighted by Crippen LogP contribution is 2.24. The van der Waals surface area contributed by atoms with Gasteiger partial charge in [0.1, 0.15) is 23.6 Å². The summed E-state index contributed by atoms with van der Waals surface area (Å²) in [6.45, 7) is 3.11. The molecule has 110 valence electrons. The van der Waals surface area contributed by atoms with Gasteiger partial charge in [-0.1, -0.05) is 0 Å². The molecule has 1 aromatic heterocycles. The number of methoxy groups -OCH3 is 1. The van der Waals surface area contributed by atoms with Crippen LogP contribution >= 0.6 is 0 Å². The highest BCUT2D eigenvalue weighted by atomic mass is 16.5. The monoisotopic (exact) mass is 287 g/mol. The van der Waals surface area contributed by atoms with Gasteiger partial charge in [0.2, 0.25) is 5.88 Å². The first-order valence-corrected chi connectivity index (χ1v) is 6.82. The van der Waals surface area contributed by atoms with Crippen molar-refractivity contribution in [3.05, 3.63) is 36.7 Å². The van der Waals surface area contributed by atoms with Crippen LogP contribution in [0.2, 0.25) is 0 Å². The van der Waals surface area contributed by atoms with E-state index in [1.54, 1.807) is 7.11 Å². The van der Waals surface area contributed by atoms with Crippen LogP contribution < -0.4 is 14.4 Å². The minimum absolute atomic E-state index is 0.525. The Morgan fingerprint density at radius 3 is 2.48 bits per heavy atom. The van der Waals surface area contributed by atoms with E-state index >= 15 is 0 Å². The highest BCUT2D eigenvalue weighted by Gasteiger charge is 2.13. The highest BCUT2D eigenvalue weighted by molar-refractivity contribution is 5.42. The van der Waals surface area contributed by atoms with Crippen molar-refractivity contribution in [1.29, 1.82) is 0 Å². The SMILES string of the molecule is COc1ccc(Oc2cc(N3CCOCC3)ncn2)cc1. The molecule has 2 heterocycles. The molecule has 0 aliphatic carbocycles. The zero-order valence-corrected chi connectivity index (χ0v) is 11.9. The first kappa shape index (κ1) is 13.6. The van der Waals surface area contributed by atoms with E-state index < -0.39 is 0 Å². The Bertz CT molecular complexity index is 583. The van der Waals surface area contributed by atoms with E-state index in [9.17, 15) is 0 Å². The maximum atomic E-state index is 5.74. The fraction of sp³-hybridized carbons (Fsp3) is 0.333. The van der Waals surface area contributed by atoms with Crippen molar-refractivity contribution in [3.8, 4) is 17.4 Å². The van der Waals surface area contributed by atoms with Crippen LogP contribution in [-0.4, -0.2) is 43.4 Å². The summed E-state index contributed by atoms with van der Waals surface area (Å²) >= 11 is 0. The maximum Gasteiger partial charge on any atom is 0.224 e. The van der Waals surface area contributed by atoms with Gasteiger partial charge in [0.25, 0.3) is 0 Å². The summed E-state index contributed by atoms with van der Waals surface area (Å²) in [5, 5.41) is 0. The molecule has 1 saturated heterocycles. The molecule has 0 amide bonds. The van der Waals surface area contributed by atoms with Crippen LogP contribution in [0.5, 0.6) is 17.4 Å². The van der Waals surface area contributed by atoms with Crippen molar-refractivity contribution in [2.45, 2.75) is 0 Å². The molecule has 1 fully saturated rings. The first-order valence-electron chi connectivity index (χ1n) is 6.82. The average molecular weight is 287 g/mol. The Morgan fingerprint density at radius 2 is 1.76 bits per heavy atom. The Morgan fingerprint density at radius 1 is 1.05 bits per heavy atom. The molecule has 0 radical (unpaired) electrons. The molecule has 0 atom stereocenters. The average Bonchev–Trinajstić information content (AvgIpc) is 2.57. The van der Waals surface area contributed by atoms with Crippen molar-refractivity contribution >= 4 is 5.82 Å². The molecule has 6 heteroatoms. The number of hydrogen-bond acceptors (Lipinski definition) is 6. The van der Waals surface area contributed by atoms with E-state index in [0.717, 1.165) is 37.9 Å². The molecule has 0 saturated carbocycles. The second-order valence-corrected chi connectivity index (χ2v) is 4.59. The third-order valence-corrected chi connectivity index (χ3v) is 3.24. The molecule has 1 aromatic carbocycles. The lowest BCUT2D eigenvalue weighted by atomic mass is 10.3. The van der Waals surface area contributed by atoms with Crippen molar-refractivity contribution in [3.63, 3.8) is 0 Å². The van der Waals surface area contributed by atoms with Gasteiger partial charge < -0.3 is 19.1 Å². The number of hydrogen-bond donors (Lipinski definition) is 0. The number of nitrogens with zero attached hydrogens (tertiary/aromatic N) is 3. The lowest BCUT2D eigenvalue weighted by molar-refractivity contribution is 0.122. The lowest BCUT2D eigenvalue weighted by Crippen LogP contribution is -2.36. The Hall–Kier alpha value is -2.34. The van der Waals surface area contributed by atoms with Crippen molar-refractivity contribution in [1.82, 2.24) is 9.97 Å². The Labute approximate surface area is 123 Å². The molecule has 21 heavy (non-hydrogen) atoms. The summed E-state index contributed by atoms with van der Waals surface area (Å²) in [5.41, 5.74) is 0. The van der Waals surface area contributed by atoms with Crippen LogP contribution in [0.1, 0.15) is 0 Å². The fourth-order valence-corrected chi connectivity index (χ4v) is 2.12. The second-order valence-electron chi connectivity index (χ2n) is 4.59. The summed E-state index contributed by atoms with van der Waals surface area (Å²) in [6, 6.07) is 9.22.